The standard InChI is InChI=1S/C12H11NO4S/c14-9-10-6-7-11(8-13-10)17-18(15,16)12-4-2-1-3-5-12/h1-8,14H,9H2. The average molecular weight is 265 g/mol. The molecule has 5 nitrogen and oxygen atoms in total. The summed E-state index contributed by atoms with van der Waals surface area (Å²) < 4.78 is 28.6. The first-order chi connectivity index (χ1) is 8.62. The Morgan fingerprint density at radius 2 is 1.83 bits per heavy atom. The molecule has 94 valence electrons. The van der Waals surface area contributed by atoms with Crippen LogP contribution in [0.1, 0.15) is 5.69 Å². The lowest BCUT2D eigenvalue weighted by molar-refractivity contribution is 0.276. The van der Waals surface area contributed by atoms with Crippen LogP contribution in [0.15, 0.2) is 53.6 Å². The summed E-state index contributed by atoms with van der Waals surface area (Å²) in [5, 5.41) is 8.82. The van der Waals surface area contributed by atoms with Gasteiger partial charge in [0, 0.05) is 0 Å². The molecule has 0 atom stereocenters. The summed E-state index contributed by atoms with van der Waals surface area (Å²) in [6.07, 6.45) is 1.26. The van der Waals surface area contributed by atoms with Gasteiger partial charge in [0.15, 0.2) is 5.75 Å². The summed E-state index contributed by atoms with van der Waals surface area (Å²) in [7, 11) is -3.84. The van der Waals surface area contributed by atoms with Gasteiger partial charge in [-0.2, -0.15) is 8.42 Å². The average Bonchev–Trinajstić information content (AvgIpc) is 2.40. The molecule has 0 aliphatic rings. The van der Waals surface area contributed by atoms with Crippen molar-refractivity contribution in [3.05, 3.63) is 54.4 Å². The number of benzene rings is 1. The van der Waals surface area contributed by atoms with E-state index in [-0.39, 0.29) is 17.3 Å². The van der Waals surface area contributed by atoms with Crippen LogP contribution in [0, 0.1) is 0 Å². The van der Waals surface area contributed by atoms with Crippen molar-refractivity contribution in [1.82, 2.24) is 4.98 Å². The molecule has 0 saturated heterocycles. The molecule has 1 aromatic carbocycles. The maximum Gasteiger partial charge on any atom is 0.339 e. The first-order valence-corrected chi connectivity index (χ1v) is 6.58. The quantitative estimate of drug-likeness (QED) is 0.844. The Kier molecular flexibility index (Phi) is 3.59. The minimum Gasteiger partial charge on any atom is -0.390 e. The molecule has 0 unspecified atom stereocenters. The van der Waals surface area contributed by atoms with Crippen LogP contribution >= 0.6 is 0 Å². The van der Waals surface area contributed by atoms with Gasteiger partial charge in [-0.1, -0.05) is 18.2 Å². The zero-order chi connectivity index (χ0) is 13.0. The Balaban J connectivity index is 2.22. The van der Waals surface area contributed by atoms with Gasteiger partial charge in [-0.15, -0.1) is 0 Å². The third-order valence-electron chi connectivity index (χ3n) is 2.20. The normalized spacial score (nSPS) is 11.2. The zero-order valence-electron chi connectivity index (χ0n) is 9.35. The van der Waals surface area contributed by atoms with Crippen molar-refractivity contribution in [2.45, 2.75) is 11.5 Å². The van der Waals surface area contributed by atoms with Crippen molar-refractivity contribution < 1.29 is 17.7 Å². The van der Waals surface area contributed by atoms with E-state index in [1.165, 1.54) is 30.5 Å². The highest BCUT2D eigenvalue weighted by atomic mass is 32.2. The minimum atomic E-state index is -3.84. The molecule has 0 bridgehead atoms. The van der Waals surface area contributed by atoms with E-state index in [2.05, 4.69) is 4.98 Å². The Labute approximate surface area is 105 Å². The van der Waals surface area contributed by atoms with E-state index in [1.54, 1.807) is 18.2 Å². The highest BCUT2D eigenvalue weighted by Crippen LogP contribution is 2.17. The molecule has 0 aliphatic carbocycles. The number of aliphatic hydroxyl groups excluding tert-OH is 1. The molecule has 0 radical (unpaired) electrons. The summed E-state index contributed by atoms with van der Waals surface area (Å²) in [6, 6.07) is 10.8. The SMILES string of the molecule is O=S(=O)(Oc1ccc(CO)nc1)c1ccccc1. The van der Waals surface area contributed by atoms with Gasteiger partial charge < -0.3 is 9.29 Å². The lowest BCUT2D eigenvalue weighted by Crippen LogP contribution is -2.09. The molecule has 0 fully saturated rings. The van der Waals surface area contributed by atoms with Crippen molar-refractivity contribution >= 4 is 10.1 Å². The van der Waals surface area contributed by atoms with Crippen LogP contribution in [0.25, 0.3) is 0 Å². The molecule has 0 saturated carbocycles. The number of pyridine rings is 1. The molecule has 0 aliphatic heterocycles. The molecular formula is C12H11NO4S. The van der Waals surface area contributed by atoms with Crippen LogP contribution in [0.4, 0.5) is 0 Å². The van der Waals surface area contributed by atoms with Gasteiger partial charge in [-0.05, 0) is 24.3 Å². The molecule has 1 aromatic heterocycles. The second-order valence-corrected chi connectivity index (χ2v) is 5.04. The fourth-order valence-electron chi connectivity index (χ4n) is 1.32. The van der Waals surface area contributed by atoms with Gasteiger partial charge in [0.2, 0.25) is 0 Å². The molecule has 0 amide bonds. The maximum atomic E-state index is 11.9. The van der Waals surface area contributed by atoms with Crippen molar-refractivity contribution in [3.8, 4) is 5.75 Å². The third kappa shape index (κ3) is 2.85. The van der Waals surface area contributed by atoms with Gasteiger partial charge in [0.1, 0.15) is 4.90 Å². The predicted octanol–water partition coefficient (Wildman–Crippen LogP) is 1.34. The van der Waals surface area contributed by atoms with E-state index in [4.69, 9.17) is 9.29 Å². The Morgan fingerprint density at radius 3 is 2.39 bits per heavy atom. The summed E-state index contributed by atoms with van der Waals surface area (Å²) in [6.45, 7) is -0.203. The number of aromatic nitrogens is 1. The third-order valence-corrected chi connectivity index (χ3v) is 3.46. The number of hydrogen-bond acceptors (Lipinski definition) is 5. The van der Waals surface area contributed by atoms with Gasteiger partial charge >= 0.3 is 10.1 Å². The van der Waals surface area contributed by atoms with Crippen molar-refractivity contribution in [2.75, 3.05) is 0 Å². The van der Waals surface area contributed by atoms with E-state index < -0.39 is 10.1 Å². The van der Waals surface area contributed by atoms with E-state index in [0.29, 0.717) is 5.69 Å². The molecular weight excluding hydrogens is 254 g/mol. The van der Waals surface area contributed by atoms with Crippen LogP contribution in [-0.4, -0.2) is 18.5 Å². The molecule has 2 rings (SSSR count). The predicted molar refractivity (Wildman–Crippen MR) is 64.4 cm³/mol. The Hall–Kier alpha value is -1.92. The Morgan fingerprint density at radius 1 is 1.11 bits per heavy atom. The molecule has 18 heavy (non-hydrogen) atoms. The monoisotopic (exact) mass is 265 g/mol. The fraction of sp³-hybridized carbons (Fsp3) is 0.0833. The van der Waals surface area contributed by atoms with E-state index in [9.17, 15) is 8.42 Å². The van der Waals surface area contributed by atoms with Crippen LogP contribution < -0.4 is 4.18 Å². The van der Waals surface area contributed by atoms with Crippen LogP contribution in [0.3, 0.4) is 0 Å². The molecule has 0 spiro atoms. The zero-order valence-corrected chi connectivity index (χ0v) is 10.2. The van der Waals surface area contributed by atoms with Crippen molar-refractivity contribution in [2.24, 2.45) is 0 Å². The summed E-state index contributed by atoms with van der Waals surface area (Å²) in [4.78, 5) is 3.92. The van der Waals surface area contributed by atoms with E-state index in [1.807, 2.05) is 0 Å². The Bertz CT molecular complexity index is 608. The number of hydrogen-bond donors (Lipinski definition) is 1. The molecule has 2 aromatic rings. The topological polar surface area (TPSA) is 76.5 Å². The smallest absolute Gasteiger partial charge is 0.339 e. The van der Waals surface area contributed by atoms with Crippen LogP contribution in [0.5, 0.6) is 5.75 Å². The number of aliphatic hydroxyl groups is 1. The second kappa shape index (κ2) is 5.16. The van der Waals surface area contributed by atoms with Crippen molar-refractivity contribution in [1.29, 1.82) is 0 Å². The highest BCUT2D eigenvalue weighted by molar-refractivity contribution is 7.87. The lowest BCUT2D eigenvalue weighted by Gasteiger charge is -2.06. The van der Waals surface area contributed by atoms with Gasteiger partial charge in [0.05, 0.1) is 18.5 Å². The second-order valence-electron chi connectivity index (χ2n) is 3.49. The molecule has 6 heteroatoms. The number of rotatable bonds is 4. The number of nitrogens with zero attached hydrogens (tertiary/aromatic N) is 1. The van der Waals surface area contributed by atoms with Gasteiger partial charge in [-0.3, -0.25) is 4.98 Å². The first-order valence-electron chi connectivity index (χ1n) is 5.17. The van der Waals surface area contributed by atoms with Crippen LogP contribution in [-0.2, 0) is 16.7 Å². The lowest BCUT2D eigenvalue weighted by atomic mass is 10.3. The molecule has 1 N–H and O–H groups in total. The maximum absolute atomic E-state index is 11.9. The summed E-state index contributed by atoms with van der Waals surface area (Å²) >= 11 is 0. The molecule has 1 heterocycles. The summed E-state index contributed by atoms with van der Waals surface area (Å²) in [5.74, 6) is 0.107. The highest BCUT2D eigenvalue weighted by Gasteiger charge is 2.15. The van der Waals surface area contributed by atoms with Crippen LogP contribution in [0.2, 0.25) is 0 Å². The first kappa shape index (κ1) is 12.5. The largest absolute Gasteiger partial charge is 0.390 e. The fourth-order valence-corrected chi connectivity index (χ4v) is 2.25. The van der Waals surface area contributed by atoms with Crippen molar-refractivity contribution in [3.63, 3.8) is 0 Å². The minimum absolute atomic E-state index is 0.0798. The van der Waals surface area contributed by atoms with Gasteiger partial charge in [0.25, 0.3) is 0 Å². The summed E-state index contributed by atoms with van der Waals surface area (Å²) in [5.41, 5.74) is 0.444. The van der Waals surface area contributed by atoms with E-state index in [0.717, 1.165) is 0 Å². The van der Waals surface area contributed by atoms with Gasteiger partial charge in [-0.25, -0.2) is 0 Å². The van der Waals surface area contributed by atoms with E-state index >= 15 is 0 Å².